The minimum atomic E-state index is -3.33. The number of nitrogens with one attached hydrogen (secondary N) is 1. The summed E-state index contributed by atoms with van der Waals surface area (Å²) in [6.45, 7) is -0.00782. The summed E-state index contributed by atoms with van der Waals surface area (Å²) in [5.74, 6) is -1.06. The molecule has 1 aliphatic rings. The standard InChI is InChI=1S/C11H15NO5S/c13-11(14)10-6-5-8(17-10)7-12-18(15,16)9-3-1-2-4-9/h5-6,9,12H,1-4,7H2,(H,13,14). The van der Waals surface area contributed by atoms with Crippen LogP contribution < -0.4 is 4.72 Å². The Bertz CT molecular complexity index is 527. The van der Waals surface area contributed by atoms with Crippen molar-refractivity contribution in [2.45, 2.75) is 37.5 Å². The van der Waals surface area contributed by atoms with E-state index in [2.05, 4.69) is 4.72 Å². The van der Waals surface area contributed by atoms with Crippen LogP contribution in [0, 0.1) is 0 Å². The molecule has 0 aromatic carbocycles. The van der Waals surface area contributed by atoms with Gasteiger partial charge < -0.3 is 9.52 Å². The van der Waals surface area contributed by atoms with Crippen molar-refractivity contribution in [1.82, 2.24) is 4.72 Å². The lowest BCUT2D eigenvalue weighted by molar-refractivity contribution is 0.0660. The average Bonchev–Trinajstić information content (AvgIpc) is 2.98. The first kappa shape index (κ1) is 13.1. The molecule has 1 fully saturated rings. The molecular weight excluding hydrogens is 258 g/mol. The molecule has 0 radical (unpaired) electrons. The van der Waals surface area contributed by atoms with Crippen LogP contribution in [0.2, 0.25) is 0 Å². The number of carbonyl (C=O) groups is 1. The maximum absolute atomic E-state index is 11.9. The molecule has 0 spiro atoms. The van der Waals surface area contributed by atoms with Gasteiger partial charge >= 0.3 is 5.97 Å². The van der Waals surface area contributed by atoms with Crippen LogP contribution in [0.5, 0.6) is 0 Å². The third-order valence-corrected chi connectivity index (χ3v) is 4.96. The van der Waals surface area contributed by atoms with Crippen molar-refractivity contribution in [1.29, 1.82) is 0 Å². The minimum Gasteiger partial charge on any atom is -0.475 e. The Hall–Kier alpha value is -1.34. The maximum Gasteiger partial charge on any atom is 0.371 e. The Morgan fingerprint density at radius 1 is 1.39 bits per heavy atom. The highest BCUT2D eigenvalue weighted by Gasteiger charge is 2.28. The SMILES string of the molecule is O=C(O)c1ccc(CNS(=O)(=O)C2CCCC2)o1. The third-order valence-electron chi connectivity index (χ3n) is 3.06. The van der Waals surface area contributed by atoms with Gasteiger partial charge in [-0.15, -0.1) is 0 Å². The van der Waals surface area contributed by atoms with E-state index in [9.17, 15) is 13.2 Å². The molecule has 1 heterocycles. The summed E-state index contributed by atoms with van der Waals surface area (Å²) in [6, 6.07) is 2.77. The summed E-state index contributed by atoms with van der Waals surface area (Å²) in [5, 5.41) is 8.34. The Morgan fingerprint density at radius 3 is 2.61 bits per heavy atom. The van der Waals surface area contributed by atoms with Crippen molar-refractivity contribution >= 4 is 16.0 Å². The first-order valence-corrected chi connectivity index (χ1v) is 7.34. The molecule has 2 rings (SSSR count). The fourth-order valence-electron chi connectivity index (χ4n) is 2.08. The second-order valence-corrected chi connectivity index (χ2v) is 6.39. The van der Waals surface area contributed by atoms with Gasteiger partial charge in [0, 0.05) is 0 Å². The van der Waals surface area contributed by atoms with Gasteiger partial charge in [-0.25, -0.2) is 17.9 Å². The van der Waals surface area contributed by atoms with Crippen molar-refractivity contribution in [3.8, 4) is 0 Å². The molecule has 6 nitrogen and oxygen atoms in total. The van der Waals surface area contributed by atoms with E-state index in [1.54, 1.807) is 0 Å². The number of carboxylic acids is 1. The first-order chi connectivity index (χ1) is 8.49. The number of rotatable bonds is 5. The lowest BCUT2D eigenvalue weighted by Crippen LogP contribution is -2.32. The fraction of sp³-hybridized carbons (Fsp3) is 0.545. The highest BCUT2D eigenvalue weighted by molar-refractivity contribution is 7.90. The zero-order valence-electron chi connectivity index (χ0n) is 9.76. The van der Waals surface area contributed by atoms with Gasteiger partial charge in [0.15, 0.2) is 0 Å². The second kappa shape index (κ2) is 5.11. The number of carboxylic acid groups (broad SMARTS) is 1. The van der Waals surface area contributed by atoms with Gasteiger partial charge in [-0.3, -0.25) is 0 Å². The van der Waals surface area contributed by atoms with Gasteiger partial charge in [0.25, 0.3) is 0 Å². The van der Waals surface area contributed by atoms with Crippen LogP contribution in [0.1, 0.15) is 42.0 Å². The lowest BCUT2D eigenvalue weighted by atomic mass is 10.4. The van der Waals surface area contributed by atoms with Gasteiger partial charge in [0.1, 0.15) is 5.76 Å². The predicted octanol–water partition coefficient (Wildman–Crippen LogP) is 1.34. The van der Waals surface area contributed by atoms with Crippen LogP contribution in [-0.2, 0) is 16.6 Å². The van der Waals surface area contributed by atoms with Gasteiger partial charge in [-0.05, 0) is 25.0 Å². The largest absolute Gasteiger partial charge is 0.475 e. The van der Waals surface area contributed by atoms with Crippen molar-refractivity contribution in [3.05, 3.63) is 23.7 Å². The average molecular weight is 273 g/mol. The zero-order chi connectivity index (χ0) is 13.2. The number of furan rings is 1. The van der Waals surface area contributed by atoms with Crippen LogP contribution in [0.3, 0.4) is 0 Å². The molecule has 1 aromatic rings. The number of hydrogen-bond acceptors (Lipinski definition) is 4. The minimum absolute atomic E-state index is 0.00782. The summed E-state index contributed by atoms with van der Waals surface area (Å²) >= 11 is 0. The van der Waals surface area contributed by atoms with Crippen molar-refractivity contribution in [3.63, 3.8) is 0 Å². The van der Waals surface area contributed by atoms with Gasteiger partial charge in [-0.2, -0.15) is 0 Å². The van der Waals surface area contributed by atoms with E-state index >= 15 is 0 Å². The summed E-state index contributed by atoms with van der Waals surface area (Å²) in [7, 11) is -3.33. The van der Waals surface area contributed by atoms with Crippen molar-refractivity contribution < 1.29 is 22.7 Å². The summed E-state index contributed by atoms with van der Waals surface area (Å²) in [4.78, 5) is 10.6. The van der Waals surface area contributed by atoms with Gasteiger partial charge in [-0.1, -0.05) is 12.8 Å². The molecule has 7 heteroatoms. The molecular formula is C11H15NO5S. The molecule has 1 saturated carbocycles. The molecule has 2 N–H and O–H groups in total. The van der Waals surface area contributed by atoms with Gasteiger partial charge in [0.05, 0.1) is 11.8 Å². The quantitative estimate of drug-likeness (QED) is 0.843. The van der Waals surface area contributed by atoms with E-state index in [-0.39, 0.29) is 17.6 Å². The topological polar surface area (TPSA) is 96.6 Å². The Kier molecular flexibility index (Phi) is 3.72. The van der Waals surface area contributed by atoms with Crippen LogP contribution in [0.4, 0.5) is 0 Å². The van der Waals surface area contributed by atoms with Crippen LogP contribution >= 0.6 is 0 Å². The molecule has 0 aliphatic heterocycles. The van der Waals surface area contributed by atoms with Crippen LogP contribution in [0.15, 0.2) is 16.5 Å². The molecule has 100 valence electrons. The van der Waals surface area contributed by atoms with E-state index in [0.717, 1.165) is 12.8 Å². The number of aromatic carboxylic acids is 1. The molecule has 0 amide bonds. The summed E-state index contributed by atoms with van der Waals surface area (Å²) in [6.07, 6.45) is 3.26. The van der Waals surface area contributed by atoms with E-state index in [1.807, 2.05) is 0 Å². The molecule has 0 atom stereocenters. The molecule has 1 aromatic heterocycles. The van der Waals surface area contributed by atoms with E-state index < -0.39 is 16.0 Å². The smallest absolute Gasteiger partial charge is 0.371 e. The van der Waals surface area contributed by atoms with Crippen molar-refractivity contribution in [2.24, 2.45) is 0 Å². The summed E-state index contributed by atoms with van der Waals surface area (Å²) in [5.41, 5.74) is 0. The van der Waals surface area contributed by atoms with E-state index in [0.29, 0.717) is 18.6 Å². The van der Waals surface area contributed by atoms with E-state index in [4.69, 9.17) is 9.52 Å². The Morgan fingerprint density at radius 2 is 2.06 bits per heavy atom. The normalized spacial score (nSPS) is 17.1. The second-order valence-electron chi connectivity index (χ2n) is 4.34. The Balaban J connectivity index is 1.96. The molecule has 0 saturated heterocycles. The highest BCUT2D eigenvalue weighted by atomic mass is 32.2. The maximum atomic E-state index is 11.9. The van der Waals surface area contributed by atoms with Crippen molar-refractivity contribution in [2.75, 3.05) is 0 Å². The third kappa shape index (κ3) is 2.91. The Labute approximate surface area is 105 Å². The molecule has 0 unspecified atom stereocenters. The molecule has 0 bridgehead atoms. The van der Waals surface area contributed by atoms with E-state index in [1.165, 1.54) is 12.1 Å². The van der Waals surface area contributed by atoms with Gasteiger partial charge in [0.2, 0.25) is 15.8 Å². The predicted molar refractivity (Wildman–Crippen MR) is 63.7 cm³/mol. The molecule has 18 heavy (non-hydrogen) atoms. The number of sulfonamides is 1. The van der Waals surface area contributed by atoms with Crippen LogP contribution in [-0.4, -0.2) is 24.7 Å². The monoisotopic (exact) mass is 273 g/mol. The lowest BCUT2D eigenvalue weighted by Gasteiger charge is -2.11. The fourth-order valence-corrected chi connectivity index (χ4v) is 3.61. The zero-order valence-corrected chi connectivity index (χ0v) is 10.6. The van der Waals surface area contributed by atoms with Crippen LogP contribution in [0.25, 0.3) is 0 Å². The number of hydrogen-bond donors (Lipinski definition) is 2. The highest BCUT2D eigenvalue weighted by Crippen LogP contribution is 2.24. The first-order valence-electron chi connectivity index (χ1n) is 5.79. The molecule has 1 aliphatic carbocycles. The summed E-state index contributed by atoms with van der Waals surface area (Å²) < 4.78 is 31.2.